The van der Waals surface area contributed by atoms with Crippen LogP contribution in [0.1, 0.15) is 29.2 Å². The molecule has 5 rings (SSSR count). The first-order chi connectivity index (χ1) is 21.6. The van der Waals surface area contributed by atoms with E-state index in [4.69, 9.17) is 24.3 Å². The molecule has 2 heterocycles. The van der Waals surface area contributed by atoms with Crippen LogP contribution in [0.4, 0.5) is 5.69 Å². The SMILES string of the molecule is [N-]=[N+]=Nc1ccccc1[C@@H]1OC(c2ccc(OCCCO)cc2)=N[C@]1(Cc1ccccc1)C(=O)NNCCN1CCOCC1. The number of carbonyl (C=O) groups excluding carboxylic acids is 1. The number of carbonyl (C=O) groups is 1. The molecule has 3 aromatic carbocycles. The molecule has 0 aromatic heterocycles. The van der Waals surface area contributed by atoms with Gasteiger partial charge in [0.2, 0.25) is 5.90 Å². The molecule has 230 valence electrons. The van der Waals surface area contributed by atoms with Gasteiger partial charge in [-0.2, -0.15) is 0 Å². The third-order valence-corrected chi connectivity index (χ3v) is 7.58. The number of benzene rings is 3. The topological polar surface area (TPSA) is 153 Å². The number of rotatable bonds is 14. The van der Waals surface area contributed by atoms with Crippen molar-refractivity contribution >= 4 is 17.5 Å². The summed E-state index contributed by atoms with van der Waals surface area (Å²) in [6.07, 6.45) is -0.145. The van der Waals surface area contributed by atoms with Crippen molar-refractivity contribution < 1.29 is 24.1 Å². The molecule has 0 aliphatic carbocycles. The van der Waals surface area contributed by atoms with Gasteiger partial charge in [0.25, 0.3) is 5.91 Å². The van der Waals surface area contributed by atoms with Crippen molar-refractivity contribution in [1.82, 2.24) is 15.8 Å². The lowest BCUT2D eigenvalue weighted by atomic mass is 9.81. The third kappa shape index (κ3) is 7.54. The van der Waals surface area contributed by atoms with Gasteiger partial charge >= 0.3 is 0 Å². The van der Waals surface area contributed by atoms with Gasteiger partial charge < -0.3 is 19.3 Å². The third-order valence-electron chi connectivity index (χ3n) is 7.58. The van der Waals surface area contributed by atoms with Crippen LogP contribution in [0.25, 0.3) is 10.4 Å². The van der Waals surface area contributed by atoms with Crippen LogP contribution in [0.2, 0.25) is 0 Å². The maximum Gasteiger partial charge on any atom is 0.266 e. The Kier molecular flexibility index (Phi) is 10.8. The summed E-state index contributed by atoms with van der Waals surface area (Å²) in [5.74, 6) is 0.555. The Labute approximate surface area is 256 Å². The summed E-state index contributed by atoms with van der Waals surface area (Å²) in [6, 6.07) is 24.0. The highest BCUT2D eigenvalue weighted by molar-refractivity contribution is 6.01. The number of morpholine rings is 1. The van der Waals surface area contributed by atoms with Crippen molar-refractivity contribution in [3.8, 4) is 5.75 Å². The molecule has 2 aliphatic rings. The summed E-state index contributed by atoms with van der Waals surface area (Å²) in [4.78, 5) is 24.6. The number of aliphatic hydroxyl groups excluding tert-OH is 1. The minimum absolute atomic E-state index is 0.0507. The molecule has 3 aromatic rings. The van der Waals surface area contributed by atoms with E-state index in [-0.39, 0.29) is 24.8 Å². The van der Waals surface area contributed by atoms with E-state index in [0.29, 0.717) is 55.4 Å². The van der Waals surface area contributed by atoms with Gasteiger partial charge in [0.15, 0.2) is 11.6 Å². The van der Waals surface area contributed by atoms with Crippen molar-refractivity contribution in [1.29, 1.82) is 0 Å². The number of amides is 1. The maximum atomic E-state index is 14.3. The van der Waals surface area contributed by atoms with E-state index in [9.17, 15) is 10.3 Å². The number of hydrogen-bond acceptors (Lipinski definition) is 9. The fourth-order valence-corrected chi connectivity index (χ4v) is 5.30. The van der Waals surface area contributed by atoms with Gasteiger partial charge in [-0.3, -0.25) is 15.1 Å². The Bertz CT molecular complexity index is 1460. The Balaban J connectivity index is 1.49. The summed E-state index contributed by atoms with van der Waals surface area (Å²) in [7, 11) is 0. The van der Waals surface area contributed by atoms with Crippen LogP contribution in [-0.2, 0) is 20.7 Å². The number of hydrogen-bond donors (Lipinski definition) is 3. The molecule has 44 heavy (non-hydrogen) atoms. The Morgan fingerprint density at radius 3 is 2.59 bits per heavy atom. The average Bonchev–Trinajstić information content (AvgIpc) is 3.45. The van der Waals surface area contributed by atoms with Crippen LogP contribution in [0.15, 0.2) is 89.0 Å². The molecule has 12 heteroatoms. The fourth-order valence-electron chi connectivity index (χ4n) is 5.30. The van der Waals surface area contributed by atoms with E-state index < -0.39 is 11.6 Å². The highest BCUT2D eigenvalue weighted by atomic mass is 16.5. The molecule has 0 unspecified atom stereocenters. The number of azide groups is 1. The number of nitrogens with one attached hydrogen (secondary N) is 2. The summed E-state index contributed by atoms with van der Waals surface area (Å²) in [5.41, 5.74) is 16.3. The monoisotopic (exact) mass is 599 g/mol. The van der Waals surface area contributed by atoms with Crippen molar-refractivity contribution in [2.75, 3.05) is 52.6 Å². The van der Waals surface area contributed by atoms with Crippen LogP contribution < -0.4 is 15.6 Å². The van der Waals surface area contributed by atoms with E-state index in [1.165, 1.54) is 0 Å². The zero-order valence-corrected chi connectivity index (χ0v) is 24.5. The van der Waals surface area contributed by atoms with Crippen LogP contribution in [0.3, 0.4) is 0 Å². The molecule has 1 saturated heterocycles. The van der Waals surface area contributed by atoms with Gasteiger partial charge in [-0.15, -0.1) is 0 Å². The molecule has 0 spiro atoms. The fraction of sp³-hybridized carbons (Fsp3) is 0.375. The molecular formula is C32H37N7O5. The smallest absolute Gasteiger partial charge is 0.266 e. The van der Waals surface area contributed by atoms with E-state index in [0.717, 1.165) is 25.2 Å². The molecule has 0 radical (unpaired) electrons. The second kappa shape index (κ2) is 15.3. The average molecular weight is 600 g/mol. The van der Waals surface area contributed by atoms with Crippen molar-refractivity contribution in [2.45, 2.75) is 24.5 Å². The molecule has 0 bridgehead atoms. The maximum absolute atomic E-state index is 14.3. The number of aliphatic imine (C=N–C) groups is 1. The zero-order valence-electron chi connectivity index (χ0n) is 24.5. The normalized spacial score (nSPS) is 19.8. The van der Waals surface area contributed by atoms with Crippen LogP contribution in [0, 0.1) is 0 Å². The molecule has 12 nitrogen and oxygen atoms in total. The van der Waals surface area contributed by atoms with E-state index in [2.05, 4.69) is 25.8 Å². The van der Waals surface area contributed by atoms with Gasteiger partial charge in [-0.25, -0.2) is 10.4 Å². The van der Waals surface area contributed by atoms with Crippen molar-refractivity contribution in [3.63, 3.8) is 0 Å². The van der Waals surface area contributed by atoms with Gasteiger partial charge in [0.05, 0.1) is 19.8 Å². The summed E-state index contributed by atoms with van der Waals surface area (Å²) >= 11 is 0. The molecular weight excluding hydrogens is 562 g/mol. The minimum atomic E-state index is -1.44. The predicted octanol–water partition coefficient (Wildman–Crippen LogP) is 3.84. The second-order valence-electron chi connectivity index (χ2n) is 10.5. The molecule has 0 saturated carbocycles. The molecule has 2 atom stereocenters. The van der Waals surface area contributed by atoms with E-state index in [1.807, 2.05) is 48.5 Å². The summed E-state index contributed by atoms with van der Waals surface area (Å²) < 4.78 is 17.7. The molecule has 1 fully saturated rings. The van der Waals surface area contributed by atoms with Crippen molar-refractivity contribution in [3.05, 3.63) is 106 Å². The first-order valence-electron chi connectivity index (χ1n) is 14.7. The van der Waals surface area contributed by atoms with E-state index >= 15 is 0 Å². The molecule has 3 N–H and O–H groups in total. The van der Waals surface area contributed by atoms with Crippen LogP contribution in [0.5, 0.6) is 5.75 Å². The number of aliphatic hydroxyl groups is 1. The predicted molar refractivity (Wildman–Crippen MR) is 166 cm³/mol. The number of hydrazine groups is 1. The quantitative estimate of drug-likeness (QED) is 0.0837. The first kappa shape index (κ1) is 31.0. The van der Waals surface area contributed by atoms with Gasteiger partial charge in [0.1, 0.15) is 5.75 Å². The molecule has 1 amide bonds. The lowest BCUT2D eigenvalue weighted by Gasteiger charge is -2.32. The lowest BCUT2D eigenvalue weighted by Crippen LogP contribution is -2.55. The van der Waals surface area contributed by atoms with Gasteiger partial charge in [-0.05, 0) is 35.4 Å². The summed E-state index contributed by atoms with van der Waals surface area (Å²) in [5, 5.41) is 13.0. The largest absolute Gasteiger partial charge is 0.494 e. The minimum Gasteiger partial charge on any atom is -0.494 e. The van der Waals surface area contributed by atoms with Crippen LogP contribution >= 0.6 is 0 Å². The summed E-state index contributed by atoms with van der Waals surface area (Å²) in [6.45, 7) is 4.81. The van der Waals surface area contributed by atoms with E-state index in [1.54, 1.807) is 30.3 Å². The second-order valence-corrected chi connectivity index (χ2v) is 10.5. The van der Waals surface area contributed by atoms with Crippen LogP contribution in [-0.4, -0.2) is 80.0 Å². The number of nitrogens with zero attached hydrogens (tertiary/aromatic N) is 5. The molecule has 2 aliphatic heterocycles. The van der Waals surface area contributed by atoms with Gasteiger partial charge in [-0.1, -0.05) is 59.7 Å². The Morgan fingerprint density at radius 1 is 1.09 bits per heavy atom. The zero-order chi connectivity index (χ0) is 30.6. The standard InChI is InChI=1S/C32H37N7O5/c33-38-36-28-10-5-4-9-27(28)29-32(23-24-7-2-1-3-8-24,31(41)37-34-15-16-39-17-21-42-22-18-39)35-30(44-29)25-11-13-26(14-12-25)43-20-6-19-40/h1-5,7-14,29,34,40H,6,15-23H2,(H,37,41)/t29-,32-/m0/s1. The first-order valence-corrected chi connectivity index (χ1v) is 14.7. The van der Waals surface area contributed by atoms with Crippen molar-refractivity contribution in [2.24, 2.45) is 10.1 Å². The highest BCUT2D eigenvalue weighted by Gasteiger charge is 2.54. The lowest BCUT2D eigenvalue weighted by molar-refractivity contribution is -0.130. The number of ether oxygens (including phenoxy) is 3. The van der Waals surface area contributed by atoms with Gasteiger partial charge in [0, 0.05) is 67.4 Å². The highest BCUT2D eigenvalue weighted by Crippen LogP contribution is 2.45. The Morgan fingerprint density at radius 2 is 1.84 bits per heavy atom. The Hall–Kier alpha value is -4.45.